The Balaban J connectivity index is 1.73. The number of halogens is 1. The van der Waals surface area contributed by atoms with E-state index in [1.165, 1.54) is 12.1 Å². The van der Waals surface area contributed by atoms with Crippen LogP contribution in [0.4, 0.5) is 4.39 Å². The third-order valence-electron chi connectivity index (χ3n) is 3.69. The standard InChI is InChI=1S/C19H20FNO3/c1-13-3-4-16(9-14(13)2)10-19(23)24-12-18(22)21-11-15-5-7-17(20)8-6-15/h3-9H,10-12H2,1-2H3,(H,21,22). The molecule has 0 saturated carbocycles. The minimum Gasteiger partial charge on any atom is -0.455 e. The van der Waals surface area contributed by atoms with Gasteiger partial charge >= 0.3 is 5.97 Å². The van der Waals surface area contributed by atoms with Gasteiger partial charge in [-0.05, 0) is 48.2 Å². The summed E-state index contributed by atoms with van der Waals surface area (Å²) in [6, 6.07) is 11.6. The number of carbonyl (C=O) groups excluding carboxylic acids is 2. The van der Waals surface area contributed by atoms with Gasteiger partial charge < -0.3 is 10.1 Å². The maximum Gasteiger partial charge on any atom is 0.310 e. The Morgan fingerprint density at radius 2 is 1.67 bits per heavy atom. The van der Waals surface area contributed by atoms with Gasteiger partial charge in [0, 0.05) is 6.54 Å². The molecule has 0 bridgehead atoms. The summed E-state index contributed by atoms with van der Waals surface area (Å²) in [6.07, 6.45) is 0.131. The van der Waals surface area contributed by atoms with Crippen LogP contribution in [0.2, 0.25) is 0 Å². The van der Waals surface area contributed by atoms with Crippen LogP contribution >= 0.6 is 0 Å². The first-order valence-electron chi connectivity index (χ1n) is 7.67. The smallest absolute Gasteiger partial charge is 0.310 e. The first kappa shape index (κ1) is 17.7. The van der Waals surface area contributed by atoms with Crippen LogP contribution in [0.25, 0.3) is 0 Å². The van der Waals surface area contributed by atoms with Gasteiger partial charge in [0.15, 0.2) is 6.61 Å². The first-order valence-corrected chi connectivity index (χ1v) is 7.67. The predicted molar refractivity (Wildman–Crippen MR) is 88.8 cm³/mol. The minimum absolute atomic E-state index is 0.131. The first-order chi connectivity index (χ1) is 11.4. The second-order valence-corrected chi connectivity index (χ2v) is 5.66. The quantitative estimate of drug-likeness (QED) is 0.829. The molecule has 0 unspecified atom stereocenters. The van der Waals surface area contributed by atoms with E-state index in [0.717, 1.165) is 22.3 Å². The molecule has 0 heterocycles. The average molecular weight is 329 g/mol. The maximum atomic E-state index is 12.8. The molecule has 0 aromatic heterocycles. The molecule has 2 rings (SSSR count). The van der Waals surface area contributed by atoms with Gasteiger partial charge in [-0.1, -0.05) is 30.3 Å². The number of rotatable bonds is 6. The summed E-state index contributed by atoms with van der Waals surface area (Å²) in [5.41, 5.74) is 3.89. The van der Waals surface area contributed by atoms with Crippen LogP contribution < -0.4 is 5.32 Å². The number of esters is 1. The van der Waals surface area contributed by atoms with Crippen LogP contribution in [-0.2, 0) is 27.3 Å². The minimum atomic E-state index is -0.449. The molecule has 2 aromatic rings. The van der Waals surface area contributed by atoms with E-state index < -0.39 is 11.9 Å². The highest BCUT2D eigenvalue weighted by Gasteiger charge is 2.09. The summed E-state index contributed by atoms with van der Waals surface area (Å²) < 4.78 is 17.8. The molecule has 2 aromatic carbocycles. The number of benzene rings is 2. The van der Waals surface area contributed by atoms with E-state index in [9.17, 15) is 14.0 Å². The number of aryl methyl sites for hydroxylation is 2. The Bertz CT molecular complexity index is 726. The number of nitrogens with one attached hydrogen (secondary N) is 1. The highest BCUT2D eigenvalue weighted by molar-refractivity contribution is 5.81. The van der Waals surface area contributed by atoms with Crippen LogP contribution in [0.15, 0.2) is 42.5 Å². The van der Waals surface area contributed by atoms with Gasteiger partial charge in [-0.25, -0.2) is 4.39 Å². The normalized spacial score (nSPS) is 10.3. The van der Waals surface area contributed by atoms with E-state index >= 15 is 0 Å². The lowest BCUT2D eigenvalue weighted by Gasteiger charge is -2.08. The molecule has 0 saturated heterocycles. The molecule has 24 heavy (non-hydrogen) atoms. The van der Waals surface area contributed by atoms with Gasteiger partial charge in [0.1, 0.15) is 5.82 Å². The van der Waals surface area contributed by atoms with E-state index in [1.54, 1.807) is 12.1 Å². The Kier molecular flexibility index (Phi) is 6.07. The van der Waals surface area contributed by atoms with E-state index in [4.69, 9.17) is 4.74 Å². The van der Waals surface area contributed by atoms with Crippen LogP contribution in [-0.4, -0.2) is 18.5 Å². The van der Waals surface area contributed by atoms with Crippen molar-refractivity contribution in [1.82, 2.24) is 5.32 Å². The van der Waals surface area contributed by atoms with Crippen LogP contribution in [0, 0.1) is 19.7 Å². The summed E-state index contributed by atoms with van der Waals surface area (Å²) in [4.78, 5) is 23.5. The molecular weight excluding hydrogens is 309 g/mol. The lowest BCUT2D eigenvalue weighted by atomic mass is 10.0. The number of ether oxygens (including phenoxy) is 1. The van der Waals surface area contributed by atoms with Crippen molar-refractivity contribution >= 4 is 11.9 Å². The largest absolute Gasteiger partial charge is 0.455 e. The summed E-state index contributed by atoms with van der Waals surface area (Å²) in [5, 5.41) is 2.62. The summed E-state index contributed by atoms with van der Waals surface area (Å²) in [7, 11) is 0. The Hall–Kier alpha value is -2.69. The van der Waals surface area contributed by atoms with Crippen LogP contribution in [0.1, 0.15) is 22.3 Å². The van der Waals surface area contributed by atoms with E-state index in [0.29, 0.717) is 0 Å². The van der Waals surface area contributed by atoms with Crippen molar-refractivity contribution in [3.63, 3.8) is 0 Å². The highest BCUT2D eigenvalue weighted by Crippen LogP contribution is 2.10. The Morgan fingerprint density at radius 3 is 2.33 bits per heavy atom. The molecule has 0 spiro atoms. The molecule has 1 amide bonds. The van der Waals surface area contributed by atoms with Crippen molar-refractivity contribution in [1.29, 1.82) is 0 Å². The molecule has 1 N–H and O–H groups in total. The molecule has 0 radical (unpaired) electrons. The molecule has 0 atom stereocenters. The Morgan fingerprint density at radius 1 is 1.00 bits per heavy atom. The van der Waals surface area contributed by atoms with Crippen molar-refractivity contribution in [3.8, 4) is 0 Å². The second kappa shape index (κ2) is 8.24. The summed E-state index contributed by atoms with van der Waals surface area (Å²) in [6.45, 7) is 3.91. The van der Waals surface area contributed by atoms with Gasteiger partial charge in [0.25, 0.3) is 5.91 Å². The number of amides is 1. The maximum absolute atomic E-state index is 12.8. The zero-order valence-corrected chi connectivity index (χ0v) is 13.8. The lowest BCUT2D eigenvalue weighted by Crippen LogP contribution is -2.28. The van der Waals surface area contributed by atoms with Crippen molar-refractivity contribution in [2.45, 2.75) is 26.8 Å². The van der Waals surface area contributed by atoms with Gasteiger partial charge in [-0.15, -0.1) is 0 Å². The second-order valence-electron chi connectivity index (χ2n) is 5.66. The van der Waals surface area contributed by atoms with Gasteiger partial charge in [-0.3, -0.25) is 9.59 Å². The molecule has 5 heteroatoms. The Labute approximate surface area is 140 Å². The topological polar surface area (TPSA) is 55.4 Å². The fraction of sp³-hybridized carbons (Fsp3) is 0.263. The zero-order valence-electron chi connectivity index (χ0n) is 13.8. The molecule has 0 aliphatic rings. The summed E-state index contributed by atoms with van der Waals surface area (Å²) in [5.74, 6) is -1.17. The molecule has 0 aliphatic carbocycles. The molecule has 4 nitrogen and oxygen atoms in total. The van der Waals surface area contributed by atoms with Crippen molar-refractivity contribution in [2.75, 3.05) is 6.61 Å². The molecular formula is C19H20FNO3. The number of hydrogen-bond donors (Lipinski definition) is 1. The van der Waals surface area contributed by atoms with Gasteiger partial charge in [0.2, 0.25) is 0 Å². The van der Waals surface area contributed by atoms with E-state index in [-0.39, 0.29) is 25.4 Å². The molecule has 126 valence electrons. The third kappa shape index (κ3) is 5.50. The van der Waals surface area contributed by atoms with Gasteiger partial charge in [-0.2, -0.15) is 0 Å². The number of carbonyl (C=O) groups is 2. The van der Waals surface area contributed by atoms with Crippen LogP contribution in [0.3, 0.4) is 0 Å². The average Bonchev–Trinajstić information content (AvgIpc) is 2.56. The highest BCUT2D eigenvalue weighted by atomic mass is 19.1. The van der Waals surface area contributed by atoms with Gasteiger partial charge in [0.05, 0.1) is 6.42 Å². The monoisotopic (exact) mass is 329 g/mol. The zero-order chi connectivity index (χ0) is 17.5. The SMILES string of the molecule is Cc1ccc(CC(=O)OCC(=O)NCc2ccc(F)cc2)cc1C. The lowest BCUT2D eigenvalue weighted by molar-refractivity contribution is -0.147. The van der Waals surface area contributed by atoms with Crippen LogP contribution in [0.5, 0.6) is 0 Å². The molecule has 0 fully saturated rings. The predicted octanol–water partition coefficient (Wildman–Crippen LogP) is 2.84. The third-order valence-corrected chi connectivity index (χ3v) is 3.69. The van der Waals surface area contributed by atoms with Crippen molar-refractivity contribution in [2.24, 2.45) is 0 Å². The molecule has 0 aliphatic heterocycles. The van der Waals surface area contributed by atoms with Crippen molar-refractivity contribution in [3.05, 3.63) is 70.5 Å². The fourth-order valence-electron chi connectivity index (χ4n) is 2.13. The van der Waals surface area contributed by atoms with E-state index in [1.807, 2.05) is 32.0 Å². The number of hydrogen-bond acceptors (Lipinski definition) is 3. The fourth-order valence-corrected chi connectivity index (χ4v) is 2.13. The van der Waals surface area contributed by atoms with E-state index in [2.05, 4.69) is 5.32 Å². The summed E-state index contributed by atoms with van der Waals surface area (Å²) >= 11 is 0. The van der Waals surface area contributed by atoms with Crippen molar-refractivity contribution < 1.29 is 18.7 Å².